The third-order valence-electron chi connectivity index (χ3n) is 2.86. The Labute approximate surface area is 115 Å². The Bertz CT molecular complexity index is 621. The fraction of sp³-hybridized carbons (Fsp3) is 0.133. The van der Waals surface area contributed by atoms with Gasteiger partial charge in [0.25, 0.3) is 5.91 Å². The van der Waals surface area contributed by atoms with Gasteiger partial charge >= 0.3 is 0 Å². The van der Waals surface area contributed by atoms with Gasteiger partial charge in [-0.15, -0.1) is 0 Å². The summed E-state index contributed by atoms with van der Waals surface area (Å²) in [6.45, 7) is 1.80. The van der Waals surface area contributed by atoms with E-state index in [2.05, 4.69) is 5.32 Å². The van der Waals surface area contributed by atoms with Gasteiger partial charge in [0.2, 0.25) is 0 Å². The molecule has 0 aromatic heterocycles. The molecule has 0 saturated heterocycles. The maximum Gasteiger partial charge on any atom is 0.261 e. The number of halogens is 2. The fourth-order valence-corrected chi connectivity index (χ4v) is 1.81. The van der Waals surface area contributed by atoms with Gasteiger partial charge in [-0.25, -0.2) is 8.78 Å². The summed E-state index contributed by atoms with van der Waals surface area (Å²) >= 11 is 0. The zero-order chi connectivity index (χ0) is 14.7. The first-order valence-corrected chi connectivity index (χ1v) is 6.10. The fourth-order valence-electron chi connectivity index (χ4n) is 1.81. The summed E-state index contributed by atoms with van der Waals surface area (Å²) in [6.07, 6.45) is 0. The first kappa shape index (κ1) is 14.1. The molecule has 0 bridgehead atoms. The maximum absolute atomic E-state index is 13.5. The maximum atomic E-state index is 13.5. The Hall–Kier alpha value is -2.27. The van der Waals surface area contributed by atoms with Crippen molar-refractivity contribution < 1.29 is 13.6 Å². The predicted octanol–water partition coefficient (Wildman–Crippen LogP) is 3.24. The van der Waals surface area contributed by atoms with Gasteiger partial charge in [0.1, 0.15) is 17.2 Å². The van der Waals surface area contributed by atoms with Crippen molar-refractivity contribution >= 4 is 11.6 Å². The Morgan fingerprint density at radius 2 is 1.75 bits per heavy atom. The number of carbonyl (C=O) groups excluding carboxylic acids is 1. The molecule has 3 N–H and O–H groups in total. The van der Waals surface area contributed by atoms with Crippen LogP contribution in [0.25, 0.3) is 0 Å². The van der Waals surface area contributed by atoms with Crippen molar-refractivity contribution in [3.05, 3.63) is 65.2 Å². The van der Waals surface area contributed by atoms with Gasteiger partial charge < -0.3 is 11.1 Å². The second kappa shape index (κ2) is 5.79. The molecule has 1 atom stereocenters. The van der Waals surface area contributed by atoms with E-state index in [1.165, 1.54) is 6.07 Å². The van der Waals surface area contributed by atoms with E-state index in [4.69, 9.17) is 5.73 Å². The highest BCUT2D eigenvalue weighted by atomic mass is 19.1. The number of nitrogens with one attached hydrogen (secondary N) is 1. The van der Waals surface area contributed by atoms with Crippen LogP contribution in [0.1, 0.15) is 28.9 Å². The predicted molar refractivity (Wildman–Crippen MR) is 73.4 cm³/mol. The molecule has 0 spiro atoms. The van der Waals surface area contributed by atoms with Crippen molar-refractivity contribution in [2.45, 2.75) is 13.0 Å². The molecule has 20 heavy (non-hydrogen) atoms. The lowest BCUT2D eigenvalue weighted by molar-refractivity contribution is 0.101. The molecule has 1 unspecified atom stereocenters. The molecular formula is C15H14F2N2O. The van der Waals surface area contributed by atoms with Gasteiger partial charge in [-0.2, -0.15) is 0 Å². The number of benzene rings is 2. The number of hydrogen-bond acceptors (Lipinski definition) is 2. The van der Waals surface area contributed by atoms with Crippen molar-refractivity contribution in [2.75, 3.05) is 5.32 Å². The first-order valence-electron chi connectivity index (χ1n) is 6.10. The molecule has 2 rings (SSSR count). The number of rotatable bonds is 3. The van der Waals surface area contributed by atoms with Crippen molar-refractivity contribution in [3.8, 4) is 0 Å². The van der Waals surface area contributed by atoms with E-state index in [-0.39, 0.29) is 6.04 Å². The SMILES string of the molecule is CC(N)c1cccc(NC(=O)c2c(F)cccc2F)c1. The Kier molecular flexibility index (Phi) is 4.10. The van der Waals surface area contributed by atoms with Crippen LogP contribution >= 0.6 is 0 Å². The van der Waals surface area contributed by atoms with Crippen LogP contribution in [-0.4, -0.2) is 5.91 Å². The summed E-state index contributed by atoms with van der Waals surface area (Å²) in [5.74, 6) is -2.63. The Morgan fingerprint density at radius 3 is 2.35 bits per heavy atom. The second-order valence-electron chi connectivity index (χ2n) is 4.46. The third kappa shape index (κ3) is 3.00. The van der Waals surface area contributed by atoms with Gasteiger partial charge in [0.15, 0.2) is 0 Å². The molecule has 0 radical (unpaired) electrons. The third-order valence-corrected chi connectivity index (χ3v) is 2.86. The summed E-state index contributed by atoms with van der Waals surface area (Å²) in [5.41, 5.74) is 6.40. The largest absolute Gasteiger partial charge is 0.324 e. The Morgan fingerprint density at radius 1 is 1.15 bits per heavy atom. The average Bonchev–Trinajstić information content (AvgIpc) is 2.38. The van der Waals surface area contributed by atoms with Gasteiger partial charge in [-0.05, 0) is 36.8 Å². The van der Waals surface area contributed by atoms with E-state index in [0.717, 1.165) is 17.7 Å². The zero-order valence-electron chi connectivity index (χ0n) is 10.9. The number of carbonyl (C=O) groups is 1. The van der Waals surface area contributed by atoms with Gasteiger partial charge in [0, 0.05) is 11.7 Å². The van der Waals surface area contributed by atoms with Crippen molar-refractivity contribution in [3.63, 3.8) is 0 Å². The Balaban J connectivity index is 2.26. The summed E-state index contributed by atoms with van der Waals surface area (Å²) in [6, 6.07) is 9.90. The molecule has 5 heteroatoms. The molecule has 1 amide bonds. The monoisotopic (exact) mass is 276 g/mol. The van der Waals surface area contributed by atoms with Crippen LogP contribution in [0.4, 0.5) is 14.5 Å². The van der Waals surface area contributed by atoms with Gasteiger partial charge in [0.05, 0.1) is 0 Å². The van der Waals surface area contributed by atoms with Gasteiger partial charge in [-0.3, -0.25) is 4.79 Å². The van der Waals surface area contributed by atoms with E-state index >= 15 is 0 Å². The summed E-state index contributed by atoms with van der Waals surface area (Å²) < 4.78 is 27.0. The lowest BCUT2D eigenvalue weighted by atomic mass is 10.1. The number of hydrogen-bond donors (Lipinski definition) is 2. The quantitative estimate of drug-likeness (QED) is 0.904. The van der Waals surface area contributed by atoms with Crippen LogP contribution < -0.4 is 11.1 Å². The van der Waals surface area contributed by atoms with Crippen LogP contribution in [-0.2, 0) is 0 Å². The average molecular weight is 276 g/mol. The summed E-state index contributed by atoms with van der Waals surface area (Å²) in [4.78, 5) is 11.9. The standard InChI is InChI=1S/C15H14F2N2O/c1-9(18)10-4-2-5-11(8-10)19-15(20)14-12(16)6-3-7-13(14)17/h2-9H,18H2,1H3,(H,19,20). The van der Waals surface area contributed by atoms with E-state index in [1.807, 2.05) is 6.07 Å². The van der Waals surface area contributed by atoms with Crippen molar-refractivity contribution in [2.24, 2.45) is 5.73 Å². The number of anilines is 1. The van der Waals surface area contributed by atoms with Gasteiger partial charge in [-0.1, -0.05) is 18.2 Å². The molecule has 2 aromatic carbocycles. The van der Waals surface area contributed by atoms with E-state index in [9.17, 15) is 13.6 Å². The van der Waals surface area contributed by atoms with Crippen LogP contribution in [0.15, 0.2) is 42.5 Å². The minimum atomic E-state index is -0.897. The highest BCUT2D eigenvalue weighted by Crippen LogP contribution is 2.18. The molecule has 0 aliphatic heterocycles. The minimum absolute atomic E-state index is 0.197. The molecule has 0 saturated carbocycles. The van der Waals surface area contributed by atoms with E-state index in [1.54, 1.807) is 25.1 Å². The topological polar surface area (TPSA) is 55.1 Å². The van der Waals surface area contributed by atoms with Crippen LogP contribution in [0, 0.1) is 11.6 Å². The van der Waals surface area contributed by atoms with E-state index < -0.39 is 23.1 Å². The molecule has 0 heterocycles. The lowest BCUT2D eigenvalue weighted by Crippen LogP contribution is -2.16. The minimum Gasteiger partial charge on any atom is -0.324 e. The van der Waals surface area contributed by atoms with Crippen molar-refractivity contribution in [1.29, 1.82) is 0 Å². The second-order valence-corrected chi connectivity index (χ2v) is 4.46. The van der Waals surface area contributed by atoms with Crippen molar-refractivity contribution in [1.82, 2.24) is 0 Å². The molecule has 2 aromatic rings. The number of nitrogens with two attached hydrogens (primary N) is 1. The molecule has 0 fully saturated rings. The summed E-state index contributed by atoms with van der Waals surface area (Å²) in [5, 5.41) is 2.46. The molecular weight excluding hydrogens is 262 g/mol. The number of amides is 1. The van der Waals surface area contributed by atoms with Crippen LogP contribution in [0.3, 0.4) is 0 Å². The smallest absolute Gasteiger partial charge is 0.261 e. The lowest BCUT2D eigenvalue weighted by Gasteiger charge is -2.10. The highest BCUT2D eigenvalue weighted by molar-refractivity contribution is 6.04. The van der Waals surface area contributed by atoms with Crippen LogP contribution in [0.2, 0.25) is 0 Å². The first-order chi connectivity index (χ1) is 9.49. The molecule has 0 aliphatic carbocycles. The van der Waals surface area contributed by atoms with Crippen LogP contribution in [0.5, 0.6) is 0 Å². The van der Waals surface area contributed by atoms with E-state index in [0.29, 0.717) is 5.69 Å². The zero-order valence-corrected chi connectivity index (χ0v) is 10.9. The summed E-state index contributed by atoms with van der Waals surface area (Å²) in [7, 11) is 0. The highest BCUT2D eigenvalue weighted by Gasteiger charge is 2.17. The molecule has 0 aliphatic rings. The molecule has 3 nitrogen and oxygen atoms in total. The normalized spacial score (nSPS) is 12.0. The molecule has 104 valence electrons.